The summed E-state index contributed by atoms with van der Waals surface area (Å²) in [6, 6.07) is 10.0. The van der Waals surface area contributed by atoms with Crippen LogP contribution < -0.4 is 4.74 Å². The van der Waals surface area contributed by atoms with Gasteiger partial charge in [-0.3, -0.25) is 9.69 Å². The van der Waals surface area contributed by atoms with Crippen molar-refractivity contribution in [3.63, 3.8) is 0 Å². The number of hydrogen-bond donors (Lipinski definition) is 0. The molecule has 2 fully saturated rings. The van der Waals surface area contributed by atoms with Gasteiger partial charge >= 0.3 is 0 Å². The van der Waals surface area contributed by atoms with Crippen LogP contribution in [0.4, 0.5) is 0 Å². The van der Waals surface area contributed by atoms with Crippen LogP contribution in [0.1, 0.15) is 12.8 Å². The maximum absolute atomic E-state index is 12.5. The van der Waals surface area contributed by atoms with E-state index in [-0.39, 0.29) is 11.9 Å². The lowest BCUT2D eigenvalue weighted by atomic mass is 10.2. The second-order valence-electron chi connectivity index (χ2n) is 5.90. The van der Waals surface area contributed by atoms with E-state index in [9.17, 15) is 4.79 Å². The molecule has 120 valence electrons. The minimum absolute atomic E-state index is 0.203. The second kappa shape index (κ2) is 7.61. The number of carbonyl (C=O) groups is 1. The van der Waals surface area contributed by atoms with Gasteiger partial charge in [0.25, 0.3) is 0 Å². The highest BCUT2D eigenvalue weighted by atomic mass is 16.5. The fraction of sp³-hybridized carbons (Fsp3) is 0.588. The average Bonchev–Trinajstić information content (AvgIpc) is 3.03. The zero-order valence-electron chi connectivity index (χ0n) is 12.9. The Kier molecular flexibility index (Phi) is 5.29. The molecule has 5 nitrogen and oxygen atoms in total. The Bertz CT molecular complexity index is 474. The molecule has 0 aliphatic carbocycles. The van der Waals surface area contributed by atoms with Gasteiger partial charge in [-0.2, -0.15) is 0 Å². The molecule has 0 N–H and O–H groups in total. The summed E-state index contributed by atoms with van der Waals surface area (Å²) >= 11 is 0. The molecular formula is C17H24N2O3. The van der Waals surface area contributed by atoms with Gasteiger partial charge in [-0.25, -0.2) is 0 Å². The molecular weight excluding hydrogens is 280 g/mol. The zero-order valence-corrected chi connectivity index (χ0v) is 12.9. The van der Waals surface area contributed by atoms with E-state index in [1.807, 2.05) is 35.2 Å². The van der Waals surface area contributed by atoms with Crippen molar-refractivity contribution in [1.29, 1.82) is 0 Å². The molecule has 2 aliphatic rings. The van der Waals surface area contributed by atoms with E-state index in [4.69, 9.17) is 9.47 Å². The van der Waals surface area contributed by atoms with E-state index in [2.05, 4.69) is 4.90 Å². The molecule has 1 atom stereocenters. The fourth-order valence-electron chi connectivity index (χ4n) is 3.09. The summed E-state index contributed by atoms with van der Waals surface area (Å²) in [6.45, 7) is 5.10. The van der Waals surface area contributed by atoms with Crippen LogP contribution >= 0.6 is 0 Å². The van der Waals surface area contributed by atoms with Gasteiger partial charge in [0, 0.05) is 19.6 Å². The molecule has 0 unspecified atom stereocenters. The van der Waals surface area contributed by atoms with E-state index in [1.54, 1.807) is 0 Å². The maximum atomic E-state index is 12.5. The van der Waals surface area contributed by atoms with E-state index in [1.165, 1.54) is 0 Å². The number of nitrogens with zero attached hydrogens (tertiary/aromatic N) is 2. The molecule has 0 bridgehead atoms. The van der Waals surface area contributed by atoms with Crippen LogP contribution in [-0.4, -0.2) is 67.7 Å². The minimum Gasteiger partial charge on any atom is -0.491 e. The molecule has 2 heterocycles. The lowest BCUT2D eigenvalue weighted by Gasteiger charge is -2.30. The first-order valence-electron chi connectivity index (χ1n) is 8.10. The molecule has 3 rings (SSSR count). The summed E-state index contributed by atoms with van der Waals surface area (Å²) in [6.07, 6.45) is 2.10. The van der Waals surface area contributed by atoms with E-state index < -0.39 is 0 Å². The first kappa shape index (κ1) is 15.3. The van der Waals surface area contributed by atoms with Gasteiger partial charge in [0.15, 0.2) is 0 Å². The lowest BCUT2D eigenvalue weighted by molar-refractivity contribution is -0.134. The van der Waals surface area contributed by atoms with Crippen LogP contribution in [0.5, 0.6) is 5.75 Å². The number of carbonyl (C=O) groups excluding carboxylic acids is 1. The molecule has 5 heteroatoms. The predicted molar refractivity (Wildman–Crippen MR) is 83.9 cm³/mol. The third kappa shape index (κ3) is 3.99. The summed E-state index contributed by atoms with van der Waals surface area (Å²) in [7, 11) is 0. The molecule has 1 amide bonds. The van der Waals surface area contributed by atoms with Crippen molar-refractivity contribution in [2.75, 3.05) is 46.0 Å². The quantitative estimate of drug-likeness (QED) is 0.824. The van der Waals surface area contributed by atoms with E-state index in [0.717, 1.165) is 51.4 Å². The van der Waals surface area contributed by atoms with Crippen LogP contribution in [0.2, 0.25) is 0 Å². The number of rotatable bonds is 5. The SMILES string of the molecule is O=C(CN1CCOCC1)N1CCC[C@@H]1COc1ccccc1. The van der Waals surface area contributed by atoms with Crippen LogP contribution in [0.25, 0.3) is 0 Å². The normalized spacial score (nSPS) is 22.7. The Balaban J connectivity index is 1.50. The highest BCUT2D eigenvalue weighted by Gasteiger charge is 2.30. The Morgan fingerprint density at radius 3 is 2.73 bits per heavy atom. The van der Waals surface area contributed by atoms with Crippen molar-refractivity contribution >= 4 is 5.91 Å². The van der Waals surface area contributed by atoms with Crippen molar-refractivity contribution in [1.82, 2.24) is 9.80 Å². The number of likely N-dealkylation sites (tertiary alicyclic amines) is 1. The highest BCUT2D eigenvalue weighted by molar-refractivity contribution is 5.79. The summed E-state index contributed by atoms with van der Waals surface area (Å²) in [4.78, 5) is 16.7. The number of hydrogen-bond acceptors (Lipinski definition) is 4. The standard InChI is InChI=1S/C17H24N2O3/c20-17(13-18-9-11-21-12-10-18)19-8-4-5-15(19)14-22-16-6-2-1-3-7-16/h1-3,6-7,15H,4-5,8-14H2/t15-/m1/s1. The van der Waals surface area contributed by atoms with Crippen LogP contribution in [0, 0.1) is 0 Å². The number of para-hydroxylation sites is 1. The number of ether oxygens (including phenoxy) is 2. The monoisotopic (exact) mass is 304 g/mol. The van der Waals surface area contributed by atoms with Crippen molar-refractivity contribution in [2.24, 2.45) is 0 Å². The van der Waals surface area contributed by atoms with E-state index in [0.29, 0.717) is 13.2 Å². The molecule has 0 saturated carbocycles. The maximum Gasteiger partial charge on any atom is 0.237 e. The smallest absolute Gasteiger partial charge is 0.237 e. The number of benzene rings is 1. The average molecular weight is 304 g/mol. The van der Waals surface area contributed by atoms with Gasteiger partial charge in [-0.1, -0.05) is 18.2 Å². The summed E-state index contributed by atoms with van der Waals surface area (Å²) in [5, 5.41) is 0. The first-order valence-corrected chi connectivity index (χ1v) is 8.10. The molecule has 2 saturated heterocycles. The molecule has 0 spiro atoms. The largest absolute Gasteiger partial charge is 0.491 e. The van der Waals surface area contributed by atoms with Crippen LogP contribution in [0.15, 0.2) is 30.3 Å². The lowest BCUT2D eigenvalue weighted by Crippen LogP contribution is -2.47. The molecule has 1 aromatic carbocycles. The third-order valence-corrected chi connectivity index (χ3v) is 4.35. The Morgan fingerprint density at radius 2 is 1.95 bits per heavy atom. The van der Waals surface area contributed by atoms with Crippen LogP contribution in [-0.2, 0) is 9.53 Å². The molecule has 22 heavy (non-hydrogen) atoms. The van der Waals surface area contributed by atoms with Crippen LogP contribution in [0.3, 0.4) is 0 Å². The van der Waals surface area contributed by atoms with Gasteiger partial charge in [0.05, 0.1) is 25.8 Å². The Hall–Kier alpha value is -1.59. The van der Waals surface area contributed by atoms with Gasteiger partial charge in [0.2, 0.25) is 5.91 Å². The number of morpholine rings is 1. The summed E-state index contributed by atoms with van der Waals surface area (Å²) in [5.74, 6) is 1.09. The molecule has 0 aromatic heterocycles. The van der Waals surface area contributed by atoms with Gasteiger partial charge in [-0.15, -0.1) is 0 Å². The minimum atomic E-state index is 0.203. The Labute approximate surface area is 131 Å². The first-order chi connectivity index (χ1) is 10.8. The summed E-state index contributed by atoms with van der Waals surface area (Å²) in [5.41, 5.74) is 0. The van der Waals surface area contributed by atoms with Crippen molar-refractivity contribution < 1.29 is 14.3 Å². The fourth-order valence-corrected chi connectivity index (χ4v) is 3.09. The van der Waals surface area contributed by atoms with Crippen molar-refractivity contribution in [3.05, 3.63) is 30.3 Å². The van der Waals surface area contributed by atoms with Crippen molar-refractivity contribution in [2.45, 2.75) is 18.9 Å². The molecule has 0 radical (unpaired) electrons. The molecule has 1 aromatic rings. The highest BCUT2D eigenvalue weighted by Crippen LogP contribution is 2.19. The molecule has 2 aliphatic heterocycles. The number of amides is 1. The predicted octanol–water partition coefficient (Wildman–Crippen LogP) is 1.39. The van der Waals surface area contributed by atoms with Gasteiger partial charge in [-0.05, 0) is 25.0 Å². The topological polar surface area (TPSA) is 42.0 Å². The van der Waals surface area contributed by atoms with Gasteiger partial charge in [0.1, 0.15) is 12.4 Å². The Morgan fingerprint density at radius 1 is 1.18 bits per heavy atom. The zero-order chi connectivity index (χ0) is 15.2. The third-order valence-electron chi connectivity index (χ3n) is 4.35. The van der Waals surface area contributed by atoms with Crippen molar-refractivity contribution in [3.8, 4) is 5.75 Å². The van der Waals surface area contributed by atoms with Gasteiger partial charge < -0.3 is 14.4 Å². The van der Waals surface area contributed by atoms with E-state index >= 15 is 0 Å². The second-order valence-corrected chi connectivity index (χ2v) is 5.90. The summed E-state index contributed by atoms with van der Waals surface area (Å²) < 4.78 is 11.2.